The Morgan fingerprint density at radius 2 is 1.85 bits per heavy atom. The van der Waals surface area contributed by atoms with Crippen LogP contribution in [0.3, 0.4) is 0 Å². The van der Waals surface area contributed by atoms with Crippen LogP contribution < -0.4 is 10.6 Å². The van der Waals surface area contributed by atoms with Gasteiger partial charge in [0.1, 0.15) is 0 Å². The Hall–Kier alpha value is -2.46. The minimum absolute atomic E-state index is 0.441. The first kappa shape index (κ1) is 24.7. The molecular weight excluding hydrogens is 438 g/mol. The molecule has 2 aromatic carbocycles. The Balaban J connectivity index is 1.56. The molecule has 1 aromatic heterocycles. The van der Waals surface area contributed by atoms with E-state index in [1.165, 1.54) is 35.1 Å². The monoisotopic (exact) mass is 473 g/mol. The molecule has 34 heavy (non-hydrogen) atoms. The van der Waals surface area contributed by atoms with Crippen LogP contribution in [0.5, 0.6) is 0 Å². The van der Waals surface area contributed by atoms with Crippen LogP contribution in [0.25, 0.3) is 22.4 Å². The van der Waals surface area contributed by atoms with E-state index in [0.717, 1.165) is 66.3 Å². The van der Waals surface area contributed by atoms with E-state index in [4.69, 9.17) is 16.6 Å². The molecule has 0 saturated carbocycles. The third kappa shape index (κ3) is 5.43. The second-order valence-corrected chi connectivity index (χ2v) is 9.48. The summed E-state index contributed by atoms with van der Waals surface area (Å²) in [6.45, 7) is 7.73. The number of rotatable bonds is 11. The summed E-state index contributed by atoms with van der Waals surface area (Å²) in [6.07, 6.45) is 8.51. The van der Waals surface area contributed by atoms with Gasteiger partial charge in [-0.3, -0.25) is 4.98 Å². The van der Waals surface area contributed by atoms with E-state index in [0.29, 0.717) is 6.04 Å². The fourth-order valence-corrected chi connectivity index (χ4v) is 5.33. The minimum Gasteiger partial charge on any atom is -0.316 e. The van der Waals surface area contributed by atoms with Crippen molar-refractivity contribution in [2.45, 2.75) is 58.0 Å². The van der Waals surface area contributed by atoms with Crippen LogP contribution in [0.15, 0.2) is 61.2 Å². The summed E-state index contributed by atoms with van der Waals surface area (Å²) in [6, 6.07) is 17.7. The van der Waals surface area contributed by atoms with Crippen molar-refractivity contribution in [3.63, 3.8) is 0 Å². The number of hydrogen-bond acceptors (Lipinski definition) is 3. The van der Waals surface area contributed by atoms with Crippen molar-refractivity contribution in [2.24, 2.45) is 0 Å². The van der Waals surface area contributed by atoms with Gasteiger partial charge in [0.05, 0.1) is 10.7 Å². The van der Waals surface area contributed by atoms with Crippen molar-refractivity contribution in [2.75, 3.05) is 13.6 Å². The van der Waals surface area contributed by atoms with Crippen molar-refractivity contribution < 1.29 is 0 Å². The number of nitrogens with zero attached hydrogens (tertiary/aromatic N) is 1. The first-order valence-electron chi connectivity index (χ1n) is 12.5. The zero-order chi connectivity index (χ0) is 23.9. The average molecular weight is 474 g/mol. The van der Waals surface area contributed by atoms with Crippen molar-refractivity contribution in [1.82, 2.24) is 15.6 Å². The number of hydrogen-bond donors (Lipinski definition) is 2. The number of allylic oxidation sites excluding steroid dienone is 1. The van der Waals surface area contributed by atoms with Gasteiger partial charge in [-0.1, -0.05) is 67.1 Å². The number of pyridine rings is 1. The summed E-state index contributed by atoms with van der Waals surface area (Å²) in [5, 5.41) is 7.77. The van der Waals surface area contributed by atoms with Crippen LogP contribution in [-0.4, -0.2) is 24.6 Å². The van der Waals surface area contributed by atoms with Crippen LogP contribution in [0.4, 0.5) is 0 Å². The van der Waals surface area contributed by atoms with E-state index in [1.54, 1.807) is 0 Å². The predicted octanol–water partition coefficient (Wildman–Crippen LogP) is 6.76. The highest BCUT2D eigenvalue weighted by Gasteiger charge is 2.19. The van der Waals surface area contributed by atoms with E-state index in [9.17, 15) is 0 Å². The van der Waals surface area contributed by atoms with Crippen LogP contribution >= 0.6 is 11.6 Å². The molecule has 1 aliphatic rings. The molecule has 3 nitrogen and oxygen atoms in total. The molecule has 0 aliphatic heterocycles. The van der Waals surface area contributed by atoms with Crippen LogP contribution in [-0.2, 0) is 25.8 Å². The Kier molecular flexibility index (Phi) is 8.55. The van der Waals surface area contributed by atoms with Gasteiger partial charge in [-0.25, -0.2) is 0 Å². The van der Waals surface area contributed by atoms with E-state index in [2.05, 4.69) is 72.7 Å². The summed E-state index contributed by atoms with van der Waals surface area (Å²) in [5.74, 6) is 0. The Labute approximate surface area is 209 Å². The summed E-state index contributed by atoms with van der Waals surface area (Å²) in [4.78, 5) is 5.04. The SMILES string of the molecule is C=CCCC(CNCc1ccc(-c2cccc(-c3cccc4c3CCC4)c2Cl)nc1CC)NC. The lowest BCUT2D eigenvalue weighted by molar-refractivity contribution is 0.482. The van der Waals surface area contributed by atoms with Gasteiger partial charge in [0.25, 0.3) is 0 Å². The number of benzene rings is 2. The topological polar surface area (TPSA) is 37.0 Å². The molecule has 178 valence electrons. The van der Waals surface area contributed by atoms with Gasteiger partial charge in [0, 0.05) is 36.0 Å². The van der Waals surface area contributed by atoms with Crippen LogP contribution in [0, 0.1) is 0 Å². The summed E-state index contributed by atoms with van der Waals surface area (Å²) >= 11 is 7.02. The Bertz CT molecular complexity index is 1140. The van der Waals surface area contributed by atoms with Crippen LogP contribution in [0.2, 0.25) is 5.02 Å². The highest BCUT2D eigenvalue weighted by molar-refractivity contribution is 6.36. The maximum Gasteiger partial charge on any atom is 0.0720 e. The second kappa shape index (κ2) is 11.8. The predicted molar refractivity (Wildman–Crippen MR) is 146 cm³/mol. The van der Waals surface area contributed by atoms with E-state index >= 15 is 0 Å². The fourth-order valence-electron chi connectivity index (χ4n) is 5.01. The van der Waals surface area contributed by atoms with Gasteiger partial charge < -0.3 is 10.6 Å². The molecule has 3 aromatic rings. The lowest BCUT2D eigenvalue weighted by atomic mass is 9.94. The molecule has 0 bridgehead atoms. The molecule has 2 N–H and O–H groups in total. The zero-order valence-electron chi connectivity index (χ0n) is 20.5. The van der Waals surface area contributed by atoms with Crippen molar-refractivity contribution in [3.8, 4) is 22.4 Å². The fraction of sp³-hybridized carbons (Fsp3) is 0.367. The first-order valence-corrected chi connectivity index (χ1v) is 12.9. The number of nitrogens with one attached hydrogen (secondary N) is 2. The molecule has 0 fully saturated rings. The number of halogens is 1. The quantitative estimate of drug-likeness (QED) is 0.302. The molecule has 4 heteroatoms. The molecular formula is C30H36ClN3. The van der Waals surface area contributed by atoms with Gasteiger partial charge >= 0.3 is 0 Å². The van der Waals surface area contributed by atoms with E-state index < -0.39 is 0 Å². The first-order chi connectivity index (χ1) is 16.7. The molecule has 0 spiro atoms. The number of aryl methyl sites for hydroxylation is 2. The third-order valence-corrected chi connectivity index (χ3v) is 7.36. The summed E-state index contributed by atoms with van der Waals surface area (Å²) in [7, 11) is 2.02. The smallest absolute Gasteiger partial charge is 0.0720 e. The molecule has 4 rings (SSSR count). The van der Waals surface area contributed by atoms with Gasteiger partial charge in [-0.2, -0.15) is 0 Å². The number of fused-ring (bicyclic) bond motifs is 1. The summed E-state index contributed by atoms with van der Waals surface area (Å²) < 4.78 is 0. The molecule has 0 radical (unpaired) electrons. The average Bonchev–Trinajstić information content (AvgIpc) is 3.36. The van der Waals surface area contributed by atoms with Gasteiger partial charge in [0.15, 0.2) is 0 Å². The minimum atomic E-state index is 0.441. The highest BCUT2D eigenvalue weighted by Crippen LogP contribution is 2.40. The van der Waals surface area contributed by atoms with Gasteiger partial charge in [-0.05, 0) is 73.9 Å². The molecule has 1 unspecified atom stereocenters. The highest BCUT2D eigenvalue weighted by atomic mass is 35.5. The van der Waals surface area contributed by atoms with E-state index in [-0.39, 0.29) is 0 Å². The largest absolute Gasteiger partial charge is 0.316 e. The number of likely N-dealkylation sites (N-methyl/N-ethyl adjacent to an activating group) is 1. The molecule has 0 saturated heterocycles. The van der Waals surface area contributed by atoms with Crippen molar-refractivity contribution in [1.29, 1.82) is 0 Å². The summed E-state index contributed by atoms with van der Waals surface area (Å²) in [5.41, 5.74) is 9.63. The van der Waals surface area contributed by atoms with Crippen molar-refractivity contribution >= 4 is 11.6 Å². The standard InChI is InChI=1S/C30H36ClN3/c1-4-6-12-23(32-3)20-33-19-22-17-18-29(34-28(22)5-2)27-16-9-15-26(30(27)31)25-14-8-11-21-10-7-13-24(21)25/h4,8-9,11,14-18,23,32-33H,1,5-7,10,12-13,19-20H2,2-3H3. The van der Waals surface area contributed by atoms with E-state index in [1.807, 2.05) is 13.1 Å². The normalized spacial score (nSPS) is 13.6. The number of aromatic nitrogens is 1. The maximum absolute atomic E-state index is 7.02. The van der Waals surface area contributed by atoms with Gasteiger partial charge in [0.2, 0.25) is 0 Å². The zero-order valence-corrected chi connectivity index (χ0v) is 21.2. The van der Waals surface area contributed by atoms with Crippen molar-refractivity contribution in [3.05, 3.63) is 88.6 Å². The third-order valence-electron chi connectivity index (χ3n) is 6.95. The van der Waals surface area contributed by atoms with Gasteiger partial charge in [-0.15, -0.1) is 6.58 Å². The Morgan fingerprint density at radius 3 is 2.65 bits per heavy atom. The molecule has 0 amide bonds. The molecule has 1 atom stereocenters. The molecule has 1 aliphatic carbocycles. The lowest BCUT2D eigenvalue weighted by Crippen LogP contribution is -2.36. The maximum atomic E-state index is 7.02. The second-order valence-electron chi connectivity index (χ2n) is 9.10. The lowest BCUT2D eigenvalue weighted by Gasteiger charge is -2.17. The molecule has 1 heterocycles. The Morgan fingerprint density at radius 1 is 1.06 bits per heavy atom. The van der Waals surface area contributed by atoms with Crippen LogP contribution in [0.1, 0.15) is 48.6 Å².